The molecule has 1 amide bonds. The van der Waals surface area contributed by atoms with Gasteiger partial charge in [0.25, 0.3) is 5.91 Å². The molecule has 0 aliphatic rings. The lowest BCUT2D eigenvalue weighted by Gasteiger charge is -2.17. The zero-order valence-electron chi connectivity index (χ0n) is 15.7. The first-order valence-corrected chi connectivity index (χ1v) is 8.68. The predicted octanol–water partition coefficient (Wildman–Crippen LogP) is 3.93. The van der Waals surface area contributed by atoms with Gasteiger partial charge in [-0.15, -0.1) is 0 Å². The van der Waals surface area contributed by atoms with E-state index >= 15 is 0 Å². The van der Waals surface area contributed by atoms with Crippen LogP contribution in [0.25, 0.3) is 0 Å². The van der Waals surface area contributed by atoms with E-state index in [-0.39, 0.29) is 11.9 Å². The fourth-order valence-electron chi connectivity index (χ4n) is 2.61. The summed E-state index contributed by atoms with van der Waals surface area (Å²) in [5.74, 6) is 0.557. The summed E-state index contributed by atoms with van der Waals surface area (Å²) in [6.07, 6.45) is 1.50. The normalized spacial score (nSPS) is 10.2. The number of ether oxygens (including phenoxy) is 2. The smallest absolute Gasteiger partial charge is 0.337 e. The quantitative estimate of drug-likeness (QED) is 0.610. The zero-order valence-corrected chi connectivity index (χ0v) is 15.7. The SMILES string of the molecule is COC(=O)c1ccc(CN(C)C(=O)c2ccc(Oc3ccccc3)nc2)cc1. The molecule has 1 aromatic heterocycles. The Morgan fingerprint density at radius 1 is 0.929 bits per heavy atom. The summed E-state index contributed by atoms with van der Waals surface area (Å²) in [6.45, 7) is 0.405. The molecule has 0 aliphatic carbocycles. The minimum Gasteiger partial charge on any atom is -0.465 e. The maximum absolute atomic E-state index is 12.6. The number of hydrogen-bond donors (Lipinski definition) is 0. The van der Waals surface area contributed by atoms with Crippen molar-refractivity contribution in [2.75, 3.05) is 14.2 Å². The third-order valence-corrected chi connectivity index (χ3v) is 4.09. The maximum Gasteiger partial charge on any atom is 0.337 e. The van der Waals surface area contributed by atoms with Crippen LogP contribution in [0.2, 0.25) is 0 Å². The average Bonchev–Trinajstić information content (AvgIpc) is 2.74. The van der Waals surface area contributed by atoms with Crippen LogP contribution >= 0.6 is 0 Å². The number of methoxy groups -OCH3 is 1. The van der Waals surface area contributed by atoms with Crippen LogP contribution in [-0.4, -0.2) is 35.9 Å². The Kier molecular flexibility index (Phi) is 6.01. The Morgan fingerprint density at radius 3 is 2.21 bits per heavy atom. The summed E-state index contributed by atoms with van der Waals surface area (Å²) in [5.41, 5.74) is 1.84. The molecule has 3 aromatic rings. The molecule has 6 heteroatoms. The summed E-state index contributed by atoms with van der Waals surface area (Å²) >= 11 is 0. The molecule has 28 heavy (non-hydrogen) atoms. The summed E-state index contributed by atoms with van der Waals surface area (Å²) in [4.78, 5) is 29.9. The maximum atomic E-state index is 12.6. The Labute approximate surface area is 163 Å². The molecule has 2 aromatic carbocycles. The molecule has 0 bridgehead atoms. The largest absolute Gasteiger partial charge is 0.465 e. The predicted molar refractivity (Wildman–Crippen MR) is 104 cm³/mol. The van der Waals surface area contributed by atoms with Crippen molar-refractivity contribution in [3.63, 3.8) is 0 Å². The van der Waals surface area contributed by atoms with Crippen molar-refractivity contribution >= 4 is 11.9 Å². The van der Waals surface area contributed by atoms with E-state index in [2.05, 4.69) is 9.72 Å². The Hall–Kier alpha value is -3.67. The highest BCUT2D eigenvalue weighted by Crippen LogP contribution is 2.19. The van der Waals surface area contributed by atoms with Crippen molar-refractivity contribution in [3.05, 3.63) is 89.6 Å². The van der Waals surface area contributed by atoms with Gasteiger partial charge in [0.05, 0.1) is 18.2 Å². The third kappa shape index (κ3) is 4.73. The van der Waals surface area contributed by atoms with Crippen LogP contribution < -0.4 is 4.74 Å². The van der Waals surface area contributed by atoms with Gasteiger partial charge in [0.15, 0.2) is 0 Å². The van der Waals surface area contributed by atoms with Crippen molar-refractivity contribution in [1.82, 2.24) is 9.88 Å². The Balaban J connectivity index is 1.62. The molecular formula is C22H20N2O4. The van der Waals surface area contributed by atoms with Gasteiger partial charge in [-0.3, -0.25) is 4.79 Å². The number of para-hydroxylation sites is 1. The second-order valence-electron chi connectivity index (χ2n) is 6.15. The van der Waals surface area contributed by atoms with E-state index in [1.54, 1.807) is 48.3 Å². The molecule has 0 fully saturated rings. The van der Waals surface area contributed by atoms with E-state index in [1.807, 2.05) is 30.3 Å². The molecule has 6 nitrogen and oxygen atoms in total. The van der Waals surface area contributed by atoms with Gasteiger partial charge in [-0.25, -0.2) is 9.78 Å². The molecule has 0 aliphatic heterocycles. The molecule has 0 unspecified atom stereocenters. The number of esters is 1. The van der Waals surface area contributed by atoms with E-state index in [0.29, 0.717) is 29.3 Å². The van der Waals surface area contributed by atoms with Crippen LogP contribution in [0.15, 0.2) is 72.9 Å². The van der Waals surface area contributed by atoms with Gasteiger partial charge in [-0.05, 0) is 35.9 Å². The lowest BCUT2D eigenvalue weighted by molar-refractivity contribution is 0.0600. The van der Waals surface area contributed by atoms with Crippen LogP contribution in [-0.2, 0) is 11.3 Å². The first-order chi connectivity index (χ1) is 13.6. The van der Waals surface area contributed by atoms with E-state index in [0.717, 1.165) is 5.56 Å². The van der Waals surface area contributed by atoms with E-state index in [9.17, 15) is 9.59 Å². The number of benzene rings is 2. The minimum atomic E-state index is -0.389. The third-order valence-electron chi connectivity index (χ3n) is 4.09. The monoisotopic (exact) mass is 376 g/mol. The van der Waals surface area contributed by atoms with Crippen LogP contribution in [0.3, 0.4) is 0 Å². The van der Waals surface area contributed by atoms with Crippen molar-refractivity contribution in [1.29, 1.82) is 0 Å². The van der Waals surface area contributed by atoms with Gasteiger partial charge in [-0.1, -0.05) is 30.3 Å². The highest BCUT2D eigenvalue weighted by atomic mass is 16.5. The molecule has 0 radical (unpaired) electrons. The molecule has 0 atom stereocenters. The van der Waals surface area contributed by atoms with Crippen LogP contribution in [0.4, 0.5) is 0 Å². The van der Waals surface area contributed by atoms with Gasteiger partial charge in [0, 0.05) is 25.9 Å². The molecular weight excluding hydrogens is 356 g/mol. The van der Waals surface area contributed by atoms with Gasteiger partial charge >= 0.3 is 5.97 Å². The molecule has 3 rings (SSSR count). The molecule has 0 N–H and O–H groups in total. The van der Waals surface area contributed by atoms with Crippen molar-refractivity contribution < 1.29 is 19.1 Å². The molecule has 0 saturated heterocycles. The van der Waals surface area contributed by atoms with Gasteiger partial charge in [0.2, 0.25) is 5.88 Å². The number of amides is 1. The van der Waals surface area contributed by atoms with Crippen LogP contribution in [0.1, 0.15) is 26.3 Å². The summed E-state index contributed by atoms with van der Waals surface area (Å²) in [5, 5.41) is 0. The standard InChI is InChI=1S/C22H20N2O4/c1-24(15-16-8-10-17(11-9-16)22(26)27-2)21(25)18-12-13-20(23-14-18)28-19-6-4-3-5-7-19/h3-14H,15H2,1-2H3. The van der Waals surface area contributed by atoms with Crippen molar-refractivity contribution in [2.45, 2.75) is 6.54 Å². The second kappa shape index (κ2) is 8.81. The number of carbonyl (C=O) groups excluding carboxylic acids is 2. The number of pyridine rings is 1. The number of hydrogen-bond acceptors (Lipinski definition) is 5. The van der Waals surface area contributed by atoms with Gasteiger partial charge in [0.1, 0.15) is 5.75 Å². The molecule has 0 spiro atoms. The topological polar surface area (TPSA) is 68.7 Å². The minimum absolute atomic E-state index is 0.157. The lowest BCUT2D eigenvalue weighted by atomic mass is 10.1. The van der Waals surface area contributed by atoms with E-state index < -0.39 is 0 Å². The van der Waals surface area contributed by atoms with Crippen molar-refractivity contribution in [3.8, 4) is 11.6 Å². The van der Waals surface area contributed by atoms with Gasteiger partial charge < -0.3 is 14.4 Å². The summed E-state index contributed by atoms with van der Waals surface area (Å²) in [6, 6.07) is 19.6. The number of carbonyl (C=O) groups is 2. The Morgan fingerprint density at radius 2 is 1.61 bits per heavy atom. The number of aromatic nitrogens is 1. The van der Waals surface area contributed by atoms with E-state index in [1.165, 1.54) is 13.3 Å². The first-order valence-electron chi connectivity index (χ1n) is 8.68. The summed E-state index contributed by atoms with van der Waals surface area (Å²) in [7, 11) is 3.05. The fraction of sp³-hybridized carbons (Fsp3) is 0.136. The average molecular weight is 376 g/mol. The second-order valence-corrected chi connectivity index (χ2v) is 6.15. The van der Waals surface area contributed by atoms with Gasteiger partial charge in [-0.2, -0.15) is 0 Å². The van der Waals surface area contributed by atoms with Crippen molar-refractivity contribution in [2.24, 2.45) is 0 Å². The molecule has 0 saturated carbocycles. The number of rotatable bonds is 6. The highest BCUT2D eigenvalue weighted by molar-refractivity contribution is 5.93. The molecule has 1 heterocycles. The first kappa shape index (κ1) is 19.1. The zero-order chi connectivity index (χ0) is 19.9. The van der Waals surface area contributed by atoms with Crippen LogP contribution in [0, 0.1) is 0 Å². The van der Waals surface area contributed by atoms with Crippen LogP contribution in [0.5, 0.6) is 11.6 Å². The summed E-state index contributed by atoms with van der Waals surface area (Å²) < 4.78 is 10.3. The highest BCUT2D eigenvalue weighted by Gasteiger charge is 2.13. The Bertz CT molecular complexity index is 939. The fourth-order valence-corrected chi connectivity index (χ4v) is 2.61. The van der Waals surface area contributed by atoms with E-state index in [4.69, 9.17) is 4.74 Å². The lowest BCUT2D eigenvalue weighted by Crippen LogP contribution is -2.26. The molecule has 142 valence electrons. The number of nitrogens with zero attached hydrogens (tertiary/aromatic N) is 2.